The van der Waals surface area contributed by atoms with Gasteiger partial charge in [0.25, 0.3) is 0 Å². The normalized spacial score (nSPS) is 37.0. The minimum absolute atomic E-state index is 0.0164. The predicted molar refractivity (Wildman–Crippen MR) is 98.0 cm³/mol. The number of hydrogen-bond acceptors (Lipinski definition) is 4. The molecule has 4 nitrogen and oxygen atoms in total. The van der Waals surface area contributed by atoms with Crippen molar-refractivity contribution in [1.29, 1.82) is 0 Å². The average Bonchev–Trinajstić information content (AvgIpc) is 3.28. The number of carbonyl (C=O) groups excluding carboxylic acids is 1. The van der Waals surface area contributed by atoms with E-state index >= 15 is 0 Å². The summed E-state index contributed by atoms with van der Waals surface area (Å²) in [4.78, 5) is 11.6. The quantitative estimate of drug-likeness (QED) is 0.640. The fourth-order valence-electron chi connectivity index (χ4n) is 5.95. The molecule has 0 radical (unpaired) electrons. The average molecular weight is 352 g/mol. The van der Waals surface area contributed by atoms with Crippen LogP contribution in [0.15, 0.2) is 30.3 Å². The number of ether oxygens (including phenoxy) is 1. The zero-order valence-electron chi connectivity index (χ0n) is 15.2. The van der Waals surface area contributed by atoms with Gasteiger partial charge in [-0.15, -0.1) is 0 Å². The van der Waals surface area contributed by atoms with Crippen LogP contribution >= 0.6 is 0 Å². The second kappa shape index (κ2) is 5.08. The van der Waals surface area contributed by atoms with Gasteiger partial charge in [-0.2, -0.15) is 0 Å². The summed E-state index contributed by atoms with van der Waals surface area (Å²) in [5.74, 6) is 0.812. The fraction of sp³-hybridized carbons (Fsp3) is 0.500. The minimum Gasteiger partial charge on any atom is -0.427 e. The molecule has 5 atom stereocenters. The van der Waals surface area contributed by atoms with Crippen LogP contribution in [0.4, 0.5) is 0 Å². The van der Waals surface area contributed by atoms with Crippen LogP contribution in [-0.4, -0.2) is 22.3 Å². The van der Waals surface area contributed by atoms with Crippen molar-refractivity contribution in [2.75, 3.05) is 0 Å². The molecule has 0 aliphatic heterocycles. The molecule has 2 saturated carbocycles. The van der Waals surface area contributed by atoms with Gasteiger partial charge < -0.3 is 14.9 Å². The van der Waals surface area contributed by atoms with E-state index in [1.807, 2.05) is 18.2 Å². The predicted octanol–water partition coefficient (Wildman–Crippen LogP) is 3.62. The van der Waals surface area contributed by atoms with Crippen molar-refractivity contribution in [1.82, 2.24) is 0 Å². The molecule has 0 aromatic heterocycles. The van der Waals surface area contributed by atoms with Crippen LogP contribution in [0.5, 0.6) is 5.75 Å². The van der Waals surface area contributed by atoms with E-state index in [9.17, 15) is 15.0 Å². The largest absolute Gasteiger partial charge is 0.427 e. The van der Waals surface area contributed by atoms with Crippen LogP contribution in [0.25, 0.3) is 10.8 Å². The lowest BCUT2D eigenvalue weighted by Crippen LogP contribution is -2.44. The molecular formula is C22H24O4. The molecule has 0 heterocycles. The molecule has 136 valence electrons. The first-order chi connectivity index (χ1) is 12.4. The molecule has 2 aromatic rings. The molecule has 0 bridgehead atoms. The monoisotopic (exact) mass is 352 g/mol. The summed E-state index contributed by atoms with van der Waals surface area (Å²) in [7, 11) is 0. The van der Waals surface area contributed by atoms with Gasteiger partial charge in [0.2, 0.25) is 0 Å². The van der Waals surface area contributed by atoms with E-state index in [4.69, 9.17) is 4.74 Å². The van der Waals surface area contributed by atoms with E-state index in [0.29, 0.717) is 24.5 Å². The van der Waals surface area contributed by atoms with Crippen molar-refractivity contribution in [2.45, 2.75) is 57.2 Å². The number of esters is 1. The first kappa shape index (κ1) is 16.3. The molecule has 26 heavy (non-hydrogen) atoms. The topological polar surface area (TPSA) is 66.8 Å². The molecular weight excluding hydrogens is 328 g/mol. The molecule has 4 heteroatoms. The van der Waals surface area contributed by atoms with Crippen molar-refractivity contribution in [2.24, 2.45) is 11.3 Å². The minimum atomic E-state index is -0.581. The van der Waals surface area contributed by atoms with Gasteiger partial charge in [0.15, 0.2) is 0 Å². The Hall–Kier alpha value is -1.91. The lowest BCUT2D eigenvalue weighted by atomic mass is 9.60. The third-order valence-corrected chi connectivity index (χ3v) is 7.35. The van der Waals surface area contributed by atoms with Crippen molar-refractivity contribution in [3.8, 4) is 5.75 Å². The zero-order chi connectivity index (χ0) is 18.3. The maximum atomic E-state index is 11.6. The number of fused-ring (bicyclic) bond motifs is 3. The highest BCUT2D eigenvalue weighted by Crippen LogP contribution is 2.77. The summed E-state index contributed by atoms with van der Waals surface area (Å²) in [6.07, 6.45) is 1.97. The second-order valence-electron chi connectivity index (χ2n) is 8.50. The number of carbonyl (C=O) groups is 1. The first-order valence-corrected chi connectivity index (χ1v) is 9.54. The van der Waals surface area contributed by atoms with Crippen molar-refractivity contribution >= 4 is 16.7 Å². The summed E-state index contributed by atoms with van der Waals surface area (Å²) < 4.78 is 5.34. The van der Waals surface area contributed by atoms with Crippen molar-refractivity contribution < 1.29 is 19.7 Å². The maximum absolute atomic E-state index is 11.6. The zero-order valence-corrected chi connectivity index (χ0v) is 15.2. The SMILES string of the molecule is CCC(=O)Oc1ccc2c3c(ccc2c1)[C@]12C[C@H]1C[C@H](O)[C@@]2(C)C[C@@H]3O. The van der Waals surface area contributed by atoms with Crippen LogP contribution in [-0.2, 0) is 10.2 Å². The van der Waals surface area contributed by atoms with Crippen LogP contribution < -0.4 is 4.74 Å². The molecule has 1 spiro atoms. The molecule has 0 saturated heterocycles. The van der Waals surface area contributed by atoms with Crippen LogP contribution in [0.2, 0.25) is 0 Å². The number of hydrogen-bond donors (Lipinski definition) is 2. The van der Waals surface area contributed by atoms with E-state index in [1.54, 1.807) is 6.92 Å². The van der Waals surface area contributed by atoms with E-state index in [-0.39, 0.29) is 22.9 Å². The Morgan fingerprint density at radius 2 is 2.04 bits per heavy atom. The third kappa shape index (κ3) is 1.84. The number of aliphatic hydroxyl groups is 2. The first-order valence-electron chi connectivity index (χ1n) is 9.54. The highest BCUT2D eigenvalue weighted by Gasteiger charge is 2.74. The van der Waals surface area contributed by atoms with E-state index in [0.717, 1.165) is 29.2 Å². The Labute approximate surface area is 152 Å². The Balaban J connectivity index is 1.66. The summed E-state index contributed by atoms with van der Waals surface area (Å²) in [6, 6.07) is 9.82. The molecule has 0 unspecified atom stereocenters. The van der Waals surface area contributed by atoms with E-state index < -0.39 is 6.10 Å². The standard InChI is InChI=1S/C22H24O4/c1-3-19(25)26-14-5-6-15-12(8-14)4-7-16-20(15)17(23)11-21(2)18(24)9-13-10-22(13,16)21/h4-8,13,17-18,23-24H,3,9-11H2,1-2H3/t13-,17+,18+,21-,22+/m1/s1. The molecule has 0 amide bonds. The third-order valence-electron chi connectivity index (χ3n) is 7.35. The van der Waals surface area contributed by atoms with Crippen LogP contribution in [0.1, 0.15) is 56.8 Å². The fourth-order valence-corrected chi connectivity index (χ4v) is 5.95. The summed E-state index contributed by atoms with van der Waals surface area (Å²) in [5.41, 5.74) is 1.99. The van der Waals surface area contributed by atoms with Crippen LogP contribution in [0, 0.1) is 11.3 Å². The lowest BCUT2D eigenvalue weighted by Gasteiger charge is -2.45. The Morgan fingerprint density at radius 3 is 2.81 bits per heavy atom. The van der Waals surface area contributed by atoms with Crippen molar-refractivity contribution in [3.05, 3.63) is 41.5 Å². The summed E-state index contributed by atoms with van der Waals surface area (Å²) >= 11 is 0. The second-order valence-corrected chi connectivity index (χ2v) is 8.50. The summed E-state index contributed by atoms with van der Waals surface area (Å²) in [6.45, 7) is 3.92. The lowest BCUT2D eigenvalue weighted by molar-refractivity contribution is -0.134. The number of rotatable bonds is 2. The Kier molecular flexibility index (Phi) is 3.18. The molecule has 5 rings (SSSR count). The van der Waals surface area contributed by atoms with Gasteiger partial charge in [-0.25, -0.2) is 0 Å². The number of aliphatic hydroxyl groups excluding tert-OH is 2. The maximum Gasteiger partial charge on any atom is 0.310 e. The summed E-state index contributed by atoms with van der Waals surface area (Å²) in [5, 5.41) is 23.6. The molecule has 2 N–H and O–H groups in total. The van der Waals surface area contributed by atoms with Gasteiger partial charge in [0.05, 0.1) is 12.2 Å². The highest BCUT2D eigenvalue weighted by molar-refractivity contribution is 5.90. The van der Waals surface area contributed by atoms with Gasteiger partial charge in [-0.05, 0) is 59.2 Å². The van der Waals surface area contributed by atoms with Crippen LogP contribution in [0.3, 0.4) is 0 Å². The highest BCUT2D eigenvalue weighted by atomic mass is 16.5. The molecule has 3 aliphatic rings. The van der Waals surface area contributed by atoms with Gasteiger partial charge in [-0.3, -0.25) is 4.79 Å². The molecule has 2 aromatic carbocycles. The van der Waals surface area contributed by atoms with Gasteiger partial charge in [-0.1, -0.05) is 32.0 Å². The molecule has 3 aliphatic carbocycles. The molecule has 2 fully saturated rings. The number of benzene rings is 2. The smallest absolute Gasteiger partial charge is 0.310 e. The van der Waals surface area contributed by atoms with Gasteiger partial charge in [0, 0.05) is 17.3 Å². The van der Waals surface area contributed by atoms with Gasteiger partial charge in [0.1, 0.15) is 5.75 Å². The Morgan fingerprint density at radius 1 is 1.23 bits per heavy atom. The Bertz CT molecular complexity index is 935. The van der Waals surface area contributed by atoms with Gasteiger partial charge >= 0.3 is 5.97 Å². The van der Waals surface area contributed by atoms with E-state index in [2.05, 4.69) is 19.1 Å². The van der Waals surface area contributed by atoms with Crippen molar-refractivity contribution in [3.63, 3.8) is 0 Å². The van der Waals surface area contributed by atoms with E-state index in [1.165, 1.54) is 5.56 Å².